The van der Waals surface area contributed by atoms with Crippen LogP contribution in [0.2, 0.25) is 0 Å². The van der Waals surface area contributed by atoms with Crippen LogP contribution in [0.1, 0.15) is 57.2 Å². The van der Waals surface area contributed by atoms with Gasteiger partial charge in [0.25, 0.3) is 0 Å². The van der Waals surface area contributed by atoms with Crippen LogP contribution in [0, 0.1) is 0 Å². The van der Waals surface area contributed by atoms with Crippen LogP contribution < -0.4 is 5.46 Å². The van der Waals surface area contributed by atoms with Crippen LogP contribution >= 0.6 is 0 Å². The summed E-state index contributed by atoms with van der Waals surface area (Å²) in [7, 11) is 1.28. The first kappa shape index (κ1) is 24.4. The fourth-order valence-corrected chi connectivity index (χ4v) is 4.72. The molecule has 0 aliphatic carbocycles. The molecule has 0 saturated carbocycles. The summed E-state index contributed by atoms with van der Waals surface area (Å²) >= 11 is 0. The summed E-state index contributed by atoms with van der Waals surface area (Å²) in [5.74, 6) is -1.24. The zero-order chi connectivity index (χ0) is 23.7. The minimum absolute atomic E-state index is 0.309. The van der Waals surface area contributed by atoms with E-state index in [9.17, 15) is 5.11 Å². The number of unbranched alkanes of at least 4 members (excludes halogenated alkanes) is 1. The zero-order valence-corrected chi connectivity index (χ0v) is 20.8. The molecule has 0 radical (unpaired) electrons. The van der Waals surface area contributed by atoms with Gasteiger partial charge in [-0.1, -0.05) is 48.5 Å². The van der Waals surface area contributed by atoms with Gasteiger partial charge in [-0.2, -0.15) is 0 Å². The van der Waals surface area contributed by atoms with E-state index in [0.29, 0.717) is 6.54 Å². The number of fused-ring (bicyclic) bond motifs is 1. The second-order valence-electron chi connectivity index (χ2n) is 10.5. The van der Waals surface area contributed by atoms with Crippen LogP contribution in [-0.4, -0.2) is 55.1 Å². The van der Waals surface area contributed by atoms with E-state index in [1.54, 1.807) is 7.11 Å². The van der Waals surface area contributed by atoms with Gasteiger partial charge in [0.2, 0.25) is 5.79 Å². The maximum atomic E-state index is 11.1. The van der Waals surface area contributed by atoms with Gasteiger partial charge in [0, 0.05) is 19.2 Å². The fraction of sp³-hybridized carbons (Fsp3) is 0.556. The molecule has 0 amide bonds. The Morgan fingerprint density at radius 3 is 2.30 bits per heavy atom. The van der Waals surface area contributed by atoms with Crippen molar-refractivity contribution in [3.63, 3.8) is 0 Å². The van der Waals surface area contributed by atoms with E-state index in [1.807, 2.05) is 18.2 Å². The highest BCUT2D eigenvalue weighted by Crippen LogP contribution is 2.36. The van der Waals surface area contributed by atoms with Crippen molar-refractivity contribution in [1.82, 2.24) is 4.90 Å². The van der Waals surface area contributed by atoms with E-state index in [-0.39, 0.29) is 18.3 Å². The second kappa shape index (κ2) is 9.51. The van der Waals surface area contributed by atoms with Gasteiger partial charge < -0.3 is 19.2 Å². The number of rotatable bonds is 7. The van der Waals surface area contributed by atoms with E-state index >= 15 is 0 Å². The maximum Gasteiger partial charge on any atom is 0.494 e. The predicted molar refractivity (Wildman–Crippen MR) is 133 cm³/mol. The number of ether oxygens (including phenoxy) is 1. The van der Waals surface area contributed by atoms with Crippen molar-refractivity contribution in [2.75, 3.05) is 26.7 Å². The monoisotopic (exact) mass is 451 g/mol. The molecule has 1 fully saturated rings. The van der Waals surface area contributed by atoms with Gasteiger partial charge in [-0.25, -0.2) is 0 Å². The minimum atomic E-state index is -1.24. The van der Waals surface area contributed by atoms with Crippen molar-refractivity contribution in [3.05, 3.63) is 65.2 Å². The van der Waals surface area contributed by atoms with E-state index < -0.39 is 5.79 Å². The Bertz CT molecular complexity index is 929. The van der Waals surface area contributed by atoms with Crippen molar-refractivity contribution < 1.29 is 19.2 Å². The highest BCUT2D eigenvalue weighted by molar-refractivity contribution is 6.62. The Morgan fingerprint density at radius 2 is 1.64 bits per heavy atom. The summed E-state index contributed by atoms with van der Waals surface area (Å²) < 4.78 is 17.9. The molecule has 1 N–H and O–H groups in total. The summed E-state index contributed by atoms with van der Waals surface area (Å²) in [6.45, 7) is 10.7. The Kier molecular flexibility index (Phi) is 7.04. The second-order valence-corrected chi connectivity index (χ2v) is 10.5. The highest BCUT2D eigenvalue weighted by atomic mass is 16.7. The Morgan fingerprint density at radius 1 is 0.970 bits per heavy atom. The average molecular weight is 451 g/mol. The van der Waals surface area contributed by atoms with E-state index in [2.05, 4.69) is 62.9 Å². The largest absolute Gasteiger partial charge is 0.494 e. The molecular weight excluding hydrogens is 413 g/mol. The highest BCUT2D eigenvalue weighted by Gasteiger charge is 2.51. The molecule has 33 heavy (non-hydrogen) atoms. The standard InChI is InChI=1S/C27H38BNO4/c1-25(2)26(3,4)33-28(32-25)23-15-13-21(14-16-23)10-8-9-18-29-19-17-22-11-6-7-12-24(22)27(30,20-29)31-5/h6-7,11-16,30H,8-10,17-20H2,1-5H3/t27-/m0/s1. The van der Waals surface area contributed by atoms with Gasteiger partial charge in [-0.3, -0.25) is 4.90 Å². The Hall–Kier alpha value is -1.70. The lowest BCUT2D eigenvalue weighted by Gasteiger charge is -2.32. The van der Waals surface area contributed by atoms with Gasteiger partial charge in [-0.15, -0.1) is 0 Å². The van der Waals surface area contributed by atoms with Gasteiger partial charge >= 0.3 is 7.12 Å². The number of benzene rings is 2. The molecule has 2 aliphatic heterocycles. The van der Waals surface area contributed by atoms with E-state index in [0.717, 1.165) is 49.8 Å². The molecule has 2 aliphatic rings. The summed E-state index contributed by atoms with van der Waals surface area (Å²) in [5, 5.41) is 11.1. The minimum Gasteiger partial charge on any atom is -0.399 e. The van der Waals surface area contributed by atoms with Crippen LogP contribution in [0.3, 0.4) is 0 Å². The first-order chi connectivity index (χ1) is 15.6. The number of aryl methyl sites for hydroxylation is 1. The molecule has 2 aromatic carbocycles. The molecule has 0 aromatic heterocycles. The molecule has 0 spiro atoms. The summed E-state index contributed by atoms with van der Waals surface area (Å²) in [4.78, 5) is 2.32. The third kappa shape index (κ3) is 5.20. The van der Waals surface area contributed by atoms with Crippen LogP contribution in [0.4, 0.5) is 0 Å². The van der Waals surface area contributed by atoms with Crippen molar-refractivity contribution in [2.45, 2.75) is 70.4 Å². The smallest absolute Gasteiger partial charge is 0.399 e. The number of β-amino-alcohol motifs (C(OH)–C–C–N with tert-alkyl or cyclic N) is 1. The number of hydrogen-bond donors (Lipinski definition) is 1. The van der Waals surface area contributed by atoms with E-state index in [4.69, 9.17) is 14.0 Å². The molecular formula is C27H38BNO4. The lowest BCUT2D eigenvalue weighted by Crippen LogP contribution is -2.41. The molecule has 178 valence electrons. The number of nitrogens with zero attached hydrogens (tertiary/aromatic N) is 1. The average Bonchev–Trinajstić information content (AvgIpc) is 2.92. The summed E-state index contributed by atoms with van der Waals surface area (Å²) in [5.41, 5.74) is 3.83. The molecule has 4 rings (SSSR count). The zero-order valence-electron chi connectivity index (χ0n) is 20.8. The van der Waals surface area contributed by atoms with Crippen molar-refractivity contribution in [2.24, 2.45) is 0 Å². The third-order valence-electron chi connectivity index (χ3n) is 7.61. The van der Waals surface area contributed by atoms with Crippen molar-refractivity contribution in [1.29, 1.82) is 0 Å². The number of hydrogen-bond acceptors (Lipinski definition) is 5. The lowest BCUT2D eigenvalue weighted by molar-refractivity contribution is -0.204. The van der Waals surface area contributed by atoms with Crippen molar-refractivity contribution in [3.8, 4) is 0 Å². The van der Waals surface area contributed by atoms with Gasteiger partial charge in [0.15, 0.2) is 0 Å². The molecule has 6 heteroatoms. The predicted octanol–water partition coefficient (Wildman–Crippen LogP) is 3.66. The summed E-state index contributed by atoms with van der Waals surface area (Å²) in [6, 6.07) is 16.7. The first-order valence-corrected chi connectivity index (χ1v) is 12.2. The molecule has 2 aromatic rings. The fourth-order valence-electron chi connectivity index (χ4n) is 4.72. The number of aliphatic hydroxyl groups is 1. The lowest BCUT2D eigenvalue weighted by atomic mass is 9.78. The number of methoxy groups -OCH3 is 1. The van der Waals surface area contributed by atoms with Gasteiger partial charge in [0.05, 0.1) is 17.7 Å². The first-order valence-electron chi connectivity index (χ1n) is 12.2. The molecule has 1 atom stereocenters. The maximum absolute atomic E-state index is 11.1. The molecule has 5 nitrogen and oxygen atoms in total. The molecule has 0 bridgehead atoms. The Labute approximate surface area is 199 Å². The quantitative estimate of drug-likeness (QED) is 0.396. The van der Waals surface area contributed by atoms with Crippen molar-refractivity contribution >= 4 is 12.6 Å². The SMILES string of the molecule is CO[C@@]1(O)CN(CCCCc2ccc(B3OC(C)(C)C(C)(C)O3)cc2)CCc2ccccc21. The van der Waals surface area contributed by atoms with Gasteiger partial charge in [-0.05, 0) is 76.5 Å². The van der Waals surface area contributed by atoms with E-state index in [1.165, 1.54) is 11.1 Å². The third-order valence-corrected chi connectivity index (χ3v) is 7.61. The normalized spacial score (nSPS) is 24.5. The molecule has 2 heterocycles. The Balaban J connectivity index is 1.27. The van der Waals surface area contributed by atoms with Crippen LogP contribution in [0.5, 0.6) is 0 Å². The van der Waals surface area contributed by atoms with Crippen LogP contribution in [0.25, 0.3) is 0 Å². The molecule has 1 saturated heterocycles. The van der Waals surface area contributed by atoms with Gasteiger partial charge in [0.1, 0.15) is 0 Å². The van der Waals surface area contributed by atoms with Crippen LogP contribution in [-0.2, 0) is 32.7 Å². The topological polar surface area (TPSA) is 51.2 Å². The molecule has 0 unspecified atom stereocenters. The van der Waals surface area contributed by atoms with Crippen LogP contribution in [0.15, 0.2) is 48.5 Å². The summed E-state index contributed by atoms with van der Waals surface area (Å²) in [6.07, 6.45) is 4.15.